The highest BCUT2D eigenvalue weighted by atomic mass is 16.3. The lowest BCUT2D eigenvalue weighted by Gasteiger charge is -2.25. The molecule has 194 valence electrons. The number of benzene rings is 3. The Balaban J connectivity index is 1.57. The van der Waals surface area contributed by atoms with Gasteiger partial charge in [-0.3, -0.25) is 9.59 Å². The third-order valence-electron chi connectivity index (χ3n) is 6.48. The molecule has 0 spiro atoms. The molecule has 1 heterocycles. The first-order chi connectivity index (χ1) is 18.4. The van der Waals surface area contributed by atoms with Crippen molar-refractivity contribution in [3.8, 4) is 5.75 Å². The minimum atomic E-state index is -0.786. The fraction of sp³-hybridized carbons (Fsp3) is 0.194. The van der Waals surface area contributed by atoms with E-state index in [9.17, 15) is 14.7 Å². The first kappa shape index (κ1) is 26.4. The number of nitrogens with zero attached hydrogens (tertiary/aromatic N) is 1. The second-order valence-corrected chi connectivity index (χ2v) is 9.26. The number of phenolic OH excluding ortho intramolecular Hbond substituents is 1. The normalized spacial score (nSPS) is 12.5. The van der Waals surface area contributed by atoms with Crippen LogP contribution in [-0.4, -0.2) is 27.9 Å². The van der Waals surface area contributed by atoms with E-state index in [2.05, 4.69) is 15.6 Å². The molecule has 1 aromatic heterocycles. The average Bonchev–Trinajstić information content (AvgIpc) is 2.92. The molecule has 0 radical (unpaired) electrons. The Morgan fingerprint density at radius 3 is 2.00 bits per heavy atom. The lowest BCUT2D eigenvalue weighted by molar-refractivity contribution is -0.129. The van der Waals surface area contributed by atoms with Crippen molar-refractivity contribution in [1.82, 2.24) is 15.6 Å². The molecule has 2 unspecified atom stereocenters. The third kappa shape index (κ3) is 6.97. The number of hydrogen-bond acceptors (Lipinski definition) is 5. The highest BCUT2D eigenvalue weighted by Crippen LogP contribution is 2.25. The number of carbonyl (C=O) groups excluding carboxylic acids is 2. The molecule has 0 fully saturated rings. The largest absolute Gasteiger partial charge is 0.508 e. The lowest BCUT2D eigenvalue weighted by atomic mass is 9.90. The summed E-state index contributed by atoms with van der Waals surface area (Å²) in [6.07, 6.45) is 2.53. The maximum Gasteiger partial charge on any atom is 0.243 e. The van der Waals surface area contributed by atoms with Gasteiger partial charge in [0, 0.05) is 6.20 Å². The van der Waals surface area contributed by atoms with Gasteiger partial charge in [0.1, 0.15) is 17.6 Å². The van der Waals surface area contributed by atoms with Crippen LogP contribution in [0.2, 0.25) is 0 Å². The van der Waals surface area contributed by atoms with Gasteiger partial charge in [0.15, 0.2) is 0 Å². The molecule has 0 aliphatic carbocycles. The number of hydrogen-bond donors (Lipinski definition) is 4. The summed E-state index contributed by atoms with van der Waals surface area (Å²) in [5.74, 6) is -0.558. The maximum absolute atomic E-state index is 13.8. The van der Waals surface area contributed by atoms with Crippen molar-refractivity contribution in [2.24, 2.45) is 0 Å². The number of aromatic hydroxyl groups is 1. The fourth-order valence-electron chi connectivity index (χ4n) is 4.43. The van der Waals surface area contributed by atoms with E-state index >= 15 is 0 Å². The van der Waals surface area contributed by atoms with Gasteiger partial charge in [-0.25, -0.2) is 4.98 Å². The van der Waals surface area contributed by atoms with Crippen LogP contribution in [0.5, 0.6) is 5.75 Å². The zero-order valence-electron chi connectivity index (χ0n) is 21.2. The van der Waals surface area contributed by atoms with Gasteiger partial charge >= 0.3 is 0 Å². The number of anilines is 1. The lowest BCUT2D eigenvalue weighted by Crippen LogP contribution is -2.49. The quantitative estimate of drug-likeness (QED) is 0.252. The molecule has 0 saturated carbocycles. The van der Waals surface area contributed by atoms with Gasteiger partial charge in [0.05, 0.1) is 12.0 Å². The average molecular weight is 509 g/mol. The minimum absolute atomic E-state index is 0.155. The van der Waals surface area contributed by atoms with E-state index in [1.165, 1.54) is 0 Å². The number of amides is 2. The molecule has 0 saturated heterocycles. The van der Waals surface area contributed by atoms with Crippen LogP contribution in [0.25, 0.3) is 0 Å². The third-order valence-corrected chi connectivity index (χ3v) is 6.48. The molecule has 4 aromatic rings. The van der Waals surface area contributed by atoms with Gasteiger partial charge in [0.2, 0.25) is 11.8 Å². The summed E-state index contributed by atoms with van der Waals surface area (Å²) < 4.78 is 0. The van der Waals surface area contributed by atoms with Gasteiger partial charge in [-0.2, -0.15) is 0 Å². The fourth-order valence-corrected chi connectivity index (χ4v) is 4.43. The standard InChI is InChI=1S/C31H32N4O3/c1-21(23-13-15-26(36)16-14-23)34-30(37)27(17-12-22-18-19-33-28(32)20-22)35-31(38)29(24-8-4-2-5-9-24)25-10-6-3-7-11-25/h2-11,13-16,18-21,27,29,36H,12,17H2,1H3,(H2,32,33)(H,34,37)(H,35,38). The summed E-state index contributed by atoms with van der Waals surface area (Å²) in [6.45, 7) is 1.86. The SMILES string of the molecule is CC(NC(=O)C(CCc1ccnc(N)c1)NC(=O)C(c1ccccc1)c1ccccc1)c1ccc(O)cc1. The molecule has 0 aliphatic rings. The van der Waals surface area contributed by atoms with Crippen molar-refractivity contribution in [3.63, 3.8) is 0 Å². The summed E-state index contributed by atoms with van der Waals surface area (Å²) in [6, 6.07) is 28.3. The molecule has 7 nitrogen and oxygen atoms in total. The number of nitrogen functional groups attached to an aromatic ring is 1. The zero-order chi connectivity index (χ0) is 26.9. The molecule has 0 bridgehead atoms. The molecule has 4 rings (SSSR count). The van der Waals surface area contributed by atoms with Crippen LogP contribution in [0.15, 0.2) is 103 Å². The van der Waals surface area contributed by atoms with Crippen molar-refractivity contribution >= 4 is 17.6 Å². The second-order valence-electron chi connectivity index (χ2n) is 9.26. The first-order valence-corrected chi connectivity index (χ1v) is 12.6. The molecule has 5 N–H and O–H groups in total. The molecular formula is C31H32N4O3. The van der Waals surface area contributed by atoms with Crippen molar-refractivity contribution in [2.45, 2.75) is 37.8 Å². The molecule has 7 heteroatoms. The zero-order valence-corrected chi connectivity index (χ0v) is 21.2. The smallest absolute Gasteiger partial charge is 0.243 e. The Labute approximate surface area is 222 Å². The molecule has 2 amide bonds. The van der Waals surface area contributed by atoms with E-state index in [1.807, 2.05) is 73.7 Å². The molecular weight excluding hydrogens is 476 g/mol. The summed E-state index contributed by atoms with van der Waals surface area (Å²) in [4.78, 5) is 31.3. The van der Waals surface area contributed by atoms with Crippen LogP contribution < -0.4 is 16.4 Å². The number of rotatable bonds is 10. The van der Waals surface area contributed by atoms with Gasteiger partial charge in [0.25, 0.3) is 0 Å². The Hall–Kier alpha value is -4.65. The molecule has 38 heavy (non-hydrogen) atoms. The topological polar surface area (TPSA) is 117 Å². The minimum Gasteiger partial charge on any atom is -0.508 e. The van der Waals surface area contributed by atoms with Gasteiger partial charge in [-0.15, -0.1) is 0 Å². The first-order valence-electron chi connectivity index (χ1n) is 12.6. The van der Waals surface area contributed by atoms with Crippen LogP contribution in [0, 0.1) is 0 Å². The number of nitrogens with one attached hydrogen (secondary N) is 2. The van der Waals surface area contributed by atoms with Gasteiger partial charge in [-0.05, 0) is 66.3 Å². The number of aryl methyl sites for hydroxylation is 1. The summed E-state index contributed by atoms with van der Waals surface area (Å²) in [5, 5.41) is 15.6. The predicted octanol–water partition coefficient (Wildman–Crippen LogP) is 4.50. The number of carbonyl (C=O) groups is 2. The van der Waals surface area contributed by atoms with Crippen molar-refractivity contribution in [1.29, 1.82) is 0 Å². The summed E-state index contributed by atoms with van der Waals surface area (Å²) in [7, 11) is 0. The number of phenols is 1. The van der Waals surface area contributed by atoms with E-state index in [0.717, 1.165) is 22.3 Å². The van der Waals surface area contributed by atoms with Crippen molar-refractivity contribution in [3.05, 3.63) is 126 Å². The Kier molecular flexibility index (Phi) is 8.72. The number of nitrogens with two attached hydrogens (primary N) is 1. The van der Waals surface area contributed by atoms with Crippen LogP contribution in [0.1, 0.15) is 47.6 Å². The highest BCUT2D eigenvalue weighted by molar-refractivity contribution is 5.92. The predicted molar refractivity (Wildman–Crippen MR) is 148 cm³/mol. The summed E-state index contributed by atoms with van der Waals surface area (Å²) in [5.41, 5.74) is 9.29. The monoisotopic (exact) mass is 508 g/mol. The van der Waals surface area contributed by atoms with Crippen molar-refractivity contribution in [2.75, 3.05) is 5.73 Å². The van der Waals surface area contributed by atoms with Gasteiger partial charge in [-0.1, -0.05) is 72.8 Å². The van der Waals surface area contributed by atoms with E-state index < -0.39 is 12.0 Å². The summed E-state index contributed by atoms with van der Waals surface area (Å²) >= 11 is 0. The Morgan fingerprint density at radius 2 is 1.42 bits per heavy atom. The number of aromatic nitrogens is 1. The van der Waals surface area contributed by atoms with Crippen LogP contribution in [0.4, 0.5) is 5.82 Å². The second kappa shape index (κ2) is 12.5. The molecule has 2 atom stereocenters. The van der Waals surface area contributed by atoms with Crippen LogP contribution >= 0.6 is 0 Å². The van der Waals surface area contributed by atoms with Crippen molar-refractivity contribution < 1.29 is 14.7 Å². The van der Waals surface area contributed by atoms with Crippen LogP contribution in [-0.2, 0) is 16.0 Å². The van der Waals surface area contributed by atoms with E-state index in [-0.39, 0.29) is 23.6 Å². The highest BCUT2D eigenvalue weighted by Gasteiger charge is 2.28. The van der Waals surface area contributed by atoms with E-state index in [4.69, 9.17) is 5.73 Å². The van der Waals surface area contributed by atoms with Crippen LogP contribution in [0.3, 0.4) is 0 Å². The number of pyridine rings is 1. The Morgan fingerprint density at radius 1 is 0.816 bits per heavy atom. The van der Waals surface area contributed by atoms with E-state index in [0.29, 0.717) is 18.7 Å². The Bertz CT molecular complexity index is 1310. The molecule has 3 aromatic carbocycles. The molecule has 0 aliphatic heterocycles. The maximum atomic E-state index is 13.8. The van der Waals surface area contributed by atoms with E-state index in [1.54, 1.807) is 36.5 Å². The van der Waals surface area contributed by atoms with Gasteiger partial charge < -0.3 is 21.5 Å².